The lowest BCUT2D eigenvalue weighted by atomic mass is 9.86. The van der Waals surface area contributed by atoms with E-state index in [9.17, 15) is 4.79 Å². The smallest absolute Gasteiger partial charge is 0.306 e. The number of hydrogen-bond acceptors (Lipinski definition) is 3. The molecule has 3 heteroatoms. The lowest BCUT2D eigenvalue weighted by Gasteiger charge is -2.18. The van der Waals surface area contributed by atoms with E-state index in [1.54, 1.807) is 0 Å². The molecule has 2 aliphatic carbocycles. The molecule has 0 radical (unpaired) electrons. The van der Waals surface area contributed by atoms with Gasteiger partial charge in [0.25, 0.3) is 0 Å². The molecule has 2 bridgehead atoms. The average molecular weight is 166 g/mol. The molecule has 2 heterocycles. The van der Waals surface area contributed by atoms with Gasteiger partial charge in [-0.25, -0.2) is 0 Å². The normalized spacial score (nSPS) is 64.5. The van der Waals surface area contributed by atoms with Crippen LogP contribution >= 0.6 is 0 Å². The fourth-order valence-electron chi connectivity index (χ4n) is 3.54. The quantitative estimate of drug-likeness (QED) is 0.384. The Morgan fingerprint density at radius 2 is 1.92 bits per heavy atom. The zero-order valence-corrected chi connectivity index (χ0v) is 6.60. The molecule has 4 fully saturated rings. The number of hydrogen-bond donors (Lipinski definition) is 0. The van der Waals surface area contributed by atoms with Crippen molar-refractivity contribution in [3.05, 3.63) is 0 Å². The molecule has 2 saturated carbocycles. The molecule has 0 aromatic rings. The lowest BCUT2D eigenvalue weighted by Crippen LogP contribution is -2.28. The van der Waals surface area contributed by atoms with Crippen LogP contribution in [0.3, 0.4) is 0 Å². The van der Waals surface area contributed by atoms with E-state index in [1.807, 2.05) is 0 Å². The van der Waals surface area contributed by atoms with Crippen LogP contribution in [0.4, 0.5) is 0 Å². The summed E-state index contributed by atoms with van der Waals surface area (Å²) in [5, 5.41) is 0. The summed E-state index contributed by atoms with van der Waals surface area (Å²) in [6.07, 6.45) is 3.09. The van der Waals surface area contributed by atoms with Gasteiger partial charge in [0.1, 0.15) is 6.10 Å². The predicted molar refractivity (Wildman–Crippen MR) is 38.2 cm³/mol. The van der Waals surface area contributed by atoms with Gasteiger partial charge in [-0.1, -0.05) is 0 Å². The molecule has 64 valence electrons. The van der Waals surface area contributed by atoms with E-state index >= 15 is 0 Å². The topological polar surface area (TPSA) is 38.8 Å². The predicted octanol–water partition coefficient (Wildman–Crippen LogP) is 0.335. The number of carbonyl (C=O) groups is 1. The number of carbonyl (C=O) groups excluding carboxylic acids is 1. The molecule has 2 saturated heterocycles. The molecular formula is C9H10O3. The van der Waals surface area contributed by atoms with Crippen LogP contribution < -0.4 is 0 Å². The van der Waals surface area contributed by atoms with Crippen LogP contribution in [0.1, 0.15) is 12.8 Å². The van der Waals surface area contributed by atoms with Gasteiger partial charge in [0.2, 0.25) is 0 Å². The van der Waals surface area contributed by atoms with Crippen LogP contribution in [0, 0.1) is 17.8 Å². The van der Waals surface area contributed by atoms with Crippen LogP contribution in [-0.4, -0.2) is 24.3 Å². The maximum atomic E-state index is 11.0. The largest absolute Gasteiger partial charge is 0.462 e. The molecule has 0 aromatic carbocycles. The van der Waals surface area contributed by atoms with Crippen molar-refractivity contribution in [3.63, 3.8) is 0 Å². The van der Waals surface area contributed by atoms with Crippen LogP contribution in [0.5, 0.6) is 0 Å². The number of esters is 1. The number of ether oxygens (including phenoxy) is 2. The van der Waals surface area contributed by atoms with Gasteiger partial charge in [-0.05, 0) is 12.3 Å². The Hall–Kier alpha value is -0.570. The van der Waals surface area contributed by atoms with Crippen molar-refractivity contribution in [1.29, 1.82) is 0 Å². The fraction of sp³-hybridized carbons (Fsp3) is 0.889. The Morgan fingerprint density at radius 1 is 1.08 bits per heavy atom. The molecule has 6 atom stereocenters. The van der Waals surface area contributed by atoms with Gasteiger partial charge in [-0.2, -0.15) is 0 Å². The molecule has 4 aliphatic rings. The first kappa shape index (κ1) is 5.97. The second kappa shape index (κ2) is 1.55. The lowest BCUT2D eigenvalue weighted by molar-refractivity contribution is -0.143. The van der Waals surface area contributed by atoms with E-state index < -0.39 is 0 Å². The molecule has 4 rings (SSSR count). The molecule has 0 N–H and O–H groups in total. The molecule has 0 spiro atoms. The van der Waals surface area contributed by atoms with E-state index in [1.165, 1.54) is 6.42 Å². The highest BCUT2D eigenvalue weighted by Gasteiger charge is 2.70. The zero-order valence-electron chi connectivity index (χ0n) is 6.60. The third kappa shape index (κ3) is 0.478. The van der Waals surface area contributed by atoms with Gasteiger partial charge >= 0.3 is 5.97 Å². The number of epoxide rings is 1. The molecule has 0 aromatic heterocycles. The second-order valence-corrected chi connectivity index (χ2v) is 4.45. The maximum absolute atomic E-state index is 11.0. The first-order valence-electron chi connectivity index (χ1n) is 4.69. The first-order valence-corrected chi connectivity index (χ1v) is 4.69. The van der Waals surface area contributed by atoms with Crippen molar-refractivity contribution in [2.45, 2.75) is 31.2 Å². The summed E-state index contributed by atoms with van der Waals surface area (Å²) in [6.45, 7) is 0. The molecule has 2 aliphatic heterocycles. The Bertz CT molecular complexity index is 251. The van der Waals surface area contributed by atoms with Crippen molar-refractivity contribution in [2.75, 3.05) is 0 Å². The van der Waals surface area contributed by atoms with Crippen molar-refractivity contribution in [3.8, 4) is 0 Å². The molecular weight excluding hydrogens is 156 g/mol. The summed E-state index contributed by atoms with van der Waals surface area (Å²) in [5.74, 6) is 1.72. The zero-order chi connectivity index (χ0) is 7.87. The van der Waals surface area contributed by atoms with Crippen LogP contribution in [-0.2, 0) is 14.3 Å². The van der Waals surface area contributed by atoms with Gasteiger partial charge in [-0.15, -0.1) is 0 Å². The van der Waals surface area contributed by atoms with Crippen LogP contribution in [0.2, 0.25) is 0 Å². The minimum absolute atomic E-state index is 0.0148. The highest BCUT2D eigenvalue weighted by Crippen LogP contribution is 2.62. The summed E-state index contributed by atoms with van der Waals surface area (Å²) in [7, 11) is 0. The molecule has 6 unspecified atom stereocenters. The van der Waals surface area contributed by atoms with Crippen LogP contribution in [0.15, 0.2) is 0 Å². The Balaban J connectivity index is 1.76. The summed E-state index contributed by atoms with van der Waals surface area (Å²) in [5.41, 5.74) is 0. The summed E-state index contributed by atoms with van der Waals surface area (Å²) in [6, 6.07) is 0. The maximum Gasteiger partial charge on any atom is 0.306 e. The van der Waals surface area contributed by atoms with E-state index in [2.05, 4.69) is 0 Å². The van der Waals surface area contributed by atoms with Gasteiger partial charge < -0.3 is 9.47 Å². The van der Waals surface area contributed by atoms with Crippen molar-refractivity contribution in [2.24, 2.45) is 17.8 Å². The van der Waals surface area contributed by atoms with Crippen molar-refractivity contribution < 1.29 is 14.3 Å². The third-order valence-electron chi connectivity index (χ3n) is 4.01. The van der Waals surface area contributed by atoms with Gasteiger partial charge in [0, 0.05) is 11.8 Å². The van der Waals surface area contributed by atoms with Gasteiger partial charge in [0.15, 0.2) is 0 Å². The molecule has 3 nitrogen and oxygen atoms in total. The minimum Gasteiger partial charge on any atom is -0.462 e. The standard InChI is InChI=1S/C9H10O3/c10-6-2-4-3-1-5(7(4)11-6)9-8(3)12-9/h3-5,7-9H,1-2H2. The SMILES string of the molecule is O=C1CC2C3CC(C2O1)C1OC31. The Labute approximate surface area is 70.0 Å². The monoisotopic (exact) mass is 166 g/mol. The van der Waals surface area contributed by atoms with Crippen molar-refractivity contribution >= 4 is 5.97 Å². The first-order chi connectivity index (χ1) is 5.84. The van der Waals surface area contributed by atoms with E-state index in [4.69, 9.17) is 9.47 Å². The Morgan fingerprint density at radius 3 is 2.83 bits per heavy atom. The Kier molecular flexibility index (Phi) is 0.773. The summed E-state index contributed by atoms with van der Waals surface area (Å²) in [4.78, 5) is 11.0. The number of fused-ring (bicyclic) bond motifs is 8. The minimum atomic E-state index is 0.0148. The second-order valence-electron chi connectivity index (χ2n) is 4.45. The third-order valence-corrected chi connectivity index (χ3v) is 4.01. The highest BCUT2D eigenvalue weighted by molar-refractivity contribution is 5.72. The average Bonchev–Trinajstić information content (AvgIpc) is 2.48. The molecule has 0 amide bonds. The van der Waals surface area contributed by atoms with Crippen molar-refractivity contribution in [1.82, 2.24) is 0 Å². The highest BCUT2D eigenvalue weighted by atomic mass is 16.6. The number of rotatable bonds is 0. The summed E-state index contributed by atoms with van der Waals surface area (Å²) < 4.78 is 10.8. The van der Waals surface area contributed by atoms with Gasteiger partial charge in [-0.3, -0.25) is 4.79 Å². The summed E-state index contributed by atoms with van der Waals surface area (Å²) >= 11 is 0. The van der Waals surface area contributed by atoms with E-state index in [-0.39, 0.29) is 12.1 Å². The van der Waals surface area contributed by atoms with E-state index in [0.29, 0.717) is 36.4 Å². The van der Waals surface area contributed by atoms with E-state index in [0.717, 1.165) is 0 Å². The fourth-order valence-corrected chi connectivity index (χ4v) is 3.54. The molecule has 12 heavy (non-hydrogen) atoms. The van der Waals surface area contributed by atoms with Crippen LogP contribution in [0.25, 0.3) is 0 Å². The van der Waals surface area contributed by atoms with Gasteiger partial charge in [0.05, 0.1) is 18.6 Å².